The molecule has 2 N–H and O–H groups in total. The number of hydrogen-bond acceptors (Lipinski definition) is 3. The van der Waals surface area contributed by atoms with Gasteiger partial charge in [0, 0.05) is 6.21 Å². The molecule has 0 aliphatic heterocycles. The fourth-order valence-electron chi connectivity index (χ4n) is 2.35. The lowest BCUT2D eigenvalue weighted by molar-refractivity contribution is -0.0921. The Balaban J connectivity index is 1.96. The van der Waals surface area contributed by atoms with E-state index in [1.54, 1.807) is 6.21 Å². The van der Waals surface area contributed by atoms with Crippen LogP contribution in [0.25, 0.3) is 0 Å². The van der Waals surface area contributed by atoms with Crippen LogP contribution < -0.4 is 0 Å². The fourth-order valence-corrected chi connectivity index (χ4v) is 2.35. The summed E-state index contributed by atoms with van der Waals surface area (Å²) in [6, 6.07) is 8.07. The van der Waals surface area contributed by atoms with E-state index in [4.69, 9.17) is 0 Å². The van der Waals surface area contributed by atoms with E-state index in [0.717, 1.165) is 18.4 Å². The molecule has 0 heterocycles. The van der Waals surface area contributed by atoms with Crippen molar-refractivity contribution in [1.29, 1.82) is 0 Å². The second kappa shape index (κ2) is 5.63. The molecule has 1 saturated carbocycles. The van der Waals surface area contributed by atoms with Gasteiger partial charge in [0.25, 0.3) is 0 Å². The van der Waals surface area contributed by atoms with Crippen LogP contribution in [0.3, 0.4) is 0 Å². The largest absolute Gasteiger partial charge is 0.390 e. The van der Waals surface area contributed by atoms with Gasteiger partial charge in [-0.15, -0.1) is 0 Å². The molecule has 98 valence electrons. The Morgan fingerprint density at radius 2 is 2.06 bits per heavy atom. The van der Waals surface area contributed by atoms with Gasteiger partial charge >= 0.3 is 0 Å². The predicted molar refractivity (Wildman–Crippen MR) is 73.1 cm³/mol. The van der Waals surface area contributed by atoms with E-state index in [9.17, 15) is 10.2 Å². The number of aliphatic imine (C=N–C) groups is 1. The number of aliphatic hydroxyl groups is 2. The van der Waals surface area contributed by atoms with E-state index < -0.39 is 11.7 Å². The third-order valence-corrected chi connectivity index (χ3v) is 3.64. The van der Waals surface area contributed by atoms with E-state index >= 15 is 0 Å². The van der Waals surface area contributed by atoms with Gasteiger partial charge in [0.1, 0.15) is 5.60 Å². The Morgan fingerprint density at radius 3 is 2.72 bits per heavy atom. The first-order chi connectivity index (χ1) is 8.60. The topological polar surface area (TPSA) is 52.8 Å². The van der Waals surface area contributed by atoms with E-state index in [2.05, 4.69) is 4.99 Å². The summed E-state index contributed by atoms with van der Waals surface area (Å²) >= 11 is 0. The summed E-state index contributed by atoms with van der Waals surface area (Å²) in [6.07, 6.45) is 4.40. The minimum absolute atomic E-state index is 0.280. The van der Waals surface area contributed by atoms with Crippen molar-refractivity contribution in [3.05, 3.63) is 35.4 Å². The lowest BCUT2D eigenvalue weighted by Gasteiger charge is -2.35. The van der Waals surface area contributed by atoms with Crippen LogP contribution in [0, 0.1) is 6.92 Å². The summed E-state index contributed by atoms with van der Waals surface area (Å²) < 4.78 is 0. The molecule has 0 amide bonds. The second-order valence-electron chi connectivity index (χ2n) is 5.25. The van der Waals surface area contributed by atoms with Crippen molar-refractivity contribution in [2.75, 3.05) is 6.54 Å². The third-order valence-electron chi connectivity index (χ3n) is 3.64. The molecular weight excluding hydrogens is 226 g/mol. The molecule has 2 atom stereocenters. The third kappa shape index (κ3) is 3.18. The lowest BCUT2D eigenvalue weighted by Crippen LogP contribution is -2.47. The van der Waals surface area contributed by atoms with E-state index in [-0.39, 0.29) is 6.54 Å². The van der Waals surface area contributed by atoms with Gasteiger partial charge in [0.2, 0.25) is 0 Å². The summed E-state index contributed by atoms with van der Waals surface area (Å²) in [5.41, 5.74) is 1.21. The first-order valence-electron chi connectivity index (χ1n) is 6.57. The molecular formula is C15H21NO2. The van der Waals surface area contributed by atoms with Crippen molar-refractivity contribution in [1.82, 2.24) is 0 Å². The minimum Gasteiger partial charge on any atom is -0.390 e. The molecule has 1 aromatic rings. The Labute approximate surface area is 108 Å². The van der Waals surface area contributed by atoms with Crippen LogP contribution in [-0.2, 0) is 0 Å². The van der Waals surface area contributed by atoms with Gasteiger partial charge in [-0.3, -0.25) is 4.99 Å². The Hall–Kier alpha value is -1.19. The Kier molecular flexibility index (Phi) is 4.15. The molecule has 0 aromatic heterocycles. The first kappa shape index (κ1) is 13.2. The molecule has 3 heteroatoms. The molecule has 0 bridgehead atoms. The van der Waals surface area contributed by atoms with Crippen LogP contribution in [0.1, 0.15) is 36.8 Å². The van der Waals surface area contributed by atoms with Crippen molar-refractivity contribution < 1.29 is 10.2 Å². The van der Waals surface area contributed by atoms with Crippen LogP contribution in [0.5, 0.6) is 0 Å². The SMILES string of the molecule is Cc1ccc(C=NC[C@@]2(O)CCCC[C@H]2O)cc1. The maximum atomic E-state index is 10.3. The first-order valence-corrected chi connectivity index (χ1v) is 6.57. The Bertz CT molecular complexity index is 413. The predicted octanol–water partition coefficient (Wildman–Crippen LogP) is 2.08. The van der Waals surface area contributed by atoms with Crippen molar-refractivity contribution in [2.24, 2.45) is 4.99 Å². The van der Waals surface area contributed by atoms with Crippen LogP contribution in [-0.4, -0.2) is 34.7 Å². The molecule has 1 aromatic carbocycles. The molecule has 1 aliphatic rings. The quantitative estimate of drug-likeness (QED) is 0.803. The van der Waals surface area contributed by atoms with E-state index in [0.29, 0.717) is 12.8 Å². The smallest absolute Gasteiger partial charge is 0.110 e. The molecule has 0 saturated heterocycles. The number of aryl methyl sites for hydroxylation is 1. The van der Waals surface area contributed by atoms with Crippen molar-refractivity contribution in [3.63, 3.8) is 0 Å². The summed E-state index contributed by atoms with van der Waals surface area (Å²) in [6.45, 7) is 2.32. The summed E-state index contributed by atoms with van der Waals surface area (Å²) in [7, 11) is 0. The zero-order chi connectivity index (χ0) is 13.0. The van der Waals surface area contributed by atoms with Gasteiger partial charge in [-0.1, -0.05) is 42.7 Å². The van der Waals surface area contributed by atoms with Crippen LogP contribution in [0.2, 0.25) is 0 Å². The van der Waals surface area contributed by atoms with Crippen molar-refractivity contribution in [2.45, 2.75) is 44.3 Å². The standard InChI is InChI=1S/C15H21NO2/c1-12-5-7-13(8-6-12)10-16-11-15(18)9-3-2-4-14(15)17/h5-8,10,14,17-18H,2-4,9,11H2,1H3/t14-,15+/m1/s1. The molecule has 1 aliphatic carbocycles. The highest BCUT2D eigenvalue weighted by molar-refractivity contribution is 5.79. The fraction of sp³-hybridized carbons (Fsp3) is 0.533. The van der Waals surface area contributed by atoms with Crippen LogP contribution >= 0.6 is 0 Å². The normalized spacial score (nSPS) is 28.7. The molecule has 2 rings (SSSR count). The maximum Gasteiger partial charge on any atom is 0.110 e. The summed E-state index contributed by atoms with van der Waals surface area (Å²) in [5, 5.41) is 20.1. The van der Waals surface area contributed by atoms with Gasteiger partial charge in [0.05, 0.1) is 12.6 Å². The van der Waals surface area contributed by atoms with E-state index in [1.165, 1.54) is 5.56 Å². The number of aliphatic hydroxyl groups excluding tert-OH is 1. The lowest BCUT2D eigenvalue weighted by atomic mass is 9.82. The molecule has 3 nitrogen and oxygen atoms in total. The van der Waals surface area contributed by atoms with E-state index in [1.807, 2.05) is 31.2 Å². The molecule has 0 spiro atoms. The van der Waals surface area contributed by atoms with Crippen LogP contribution in [0.4, 0.5) is 0 Å². The number of benzene rings is 1. The van der Waals surface area contributed by atoms with Gasteiger partial charge in [-0.2, -0.15) is 0 Å². The number of rotatable bonds is 3. The average Bonchev–Trinajstić information content (AvgIpc) is 2.36. The van der Waals surface area contributed by atoms with Crippen molar-refractivity contribution >= 4 is 6.21 Å². The monoisotopic (exact) mass is 247 g/mol. The van der Waals surface area contributed by atoms with Gasteiger partial charge in [-0.25, -0.2) is 0 Å². The Morgan fingerprint density at radius 1 is 1.33 bits per heavy atom. The van der Waals surface area contributed by atoms with Crippen LogP contribution in [0.15, 0.2) is 29.3 Å². The highest BCUT2D eigenvalue weighted by atomic mass is 16.3. The van der Waals surface area contributed by atoms with Gasteiger partial charge < -0.3 is 10.2 Å². The minimum atomic E-state index is -1.03. The molecule has 0 unspecified atom stereocenters. The number of nitrogens with zero attached hydrogens (tertiary/aromatic N) is 1. The summed E-state index contributed by atoms with van der Waals surface area (Å²) in [5.74, 6) is 0. The van der Waals surface area contributed by atoms with Gasteiger partial charge in [-0.05, 0) is 25.3 Å². The molecule has 1 fully saturated rings. The zero-order valence-electron chi connectivity index (χ0n) is 10.8. The summed E-state index contributed by atoms with van der Waals surface area (Å²) in [4.78, 5) is 4.28. The molecule has 0 radical (unpaired) electrons. The van der Waals surface area contributed by atoms with Gasteiger partial charge in [0.15, 0.2) is 0 Å². The maximum absolute atomic E-state index is 10.3. The zero-order valence-corrected chi connectivity index (χ0v) is 10.8. The van der Waals surface area contributed by atoms with Crippen molar-refractivity contribution in [3.8, 4) is 0 Å². The second-order valence-corrected chi connectivity index (χ2v) is 5.25. The highest BCUT2D eigenvalue weighted by Crippen LogP contribution is 2.28. The average molecular weight is 247 g/mol. The highest BCUT2D eigenvalue weighted by Gasteiger charge is 2.37. The number of hydrogen-bond donors (Lipinski definition) is 2. The molecule has 18 heavy (non-hydrogen) atoms.